The molecule has 0 radical (unpaired) electrons. The summed E-state index contributed by atoms with van der Waals surface area (Å²) in [5.74, 6) is 0.311. The summed E-state index contributed by atoms with van der Waals surface area (Å²) in [5.41, 5.74) is 3.55. The van der Waals surface area contributed by atoms with E-state index in [-0.39, 0.29) is 6.04 Å². The number of fused-ring (bicyclic) bond motifs is 1. The van der Waals surface area contributed by atoms with Crippen LogP contribution < -0.4 is 5.32 Å². The van der Waals surface area contributed by atoms with Crippen LogP contribution in [0.25, 0.3) is 0 Å². The van der Waals surface area contributed by atoms with Gasteiger partial charge in [0.1, 0.15) is 5.75 Å². The minimum absolute atomic E-state index is 0.148. The van der Waals surface area contributed by atoms with Gasteiger partial charge in [-0.3, -0.25) is 0 Å². The molecule has 3 heteroatoms. The summed E-state index contributed by atoms with van der Waals surface area (Å²) in [4.78, 5) is 0. The van der Waals surface area contributed by atoms with Gasteiger partial charge in [-0.1, -0.05) is 29.8 Å². The maximum atomic E-state index is 9.56. The highest BCUT2D eigenvalue weighted by Gasteiger charge is 2.23. The van der Waals surface area contributed by atoms with E-state index in [1.807, 2.05) is 36.4 Å². The Balaban J connectivity index is 2.03. The van der Waals surface area contributed by atoms with E-state index in [0.717, 1.165) is 17.1 Å². The molecule has 1 atom stereocenters. The van der Waals surface area contributed by atoms with Crippen LogP contribution in [0.3, 0.4) is 0 Å². The van der Waals surface area contributed by atoms with E-state index in [4.69, 9.17) is 11.6 Å². The van der Waals surface area contributed by atoms with Crippen LogP contribution in [-0.4, -0.2) is 5.11 Å². The number of hydrogen-bond acceptors (Lipinski definition) is 2. The summed E-state index contributed by atoms with van der Waals surface area (Å²) in [5, 5.41) is 13.7. The lowest BCUT2D eigenvalue weighted by Crippen LogP contribution is -2.12. The van der Waals surface area contributed by atoms with E-state index in [9.17, 15) is 5.11 Å². The minimum atomic E-state index is 0.148. The molecule has 1 aliphatic rings. The van der Waals surface area contributed by atoms with Crippen LogP contribution in [0.1, 0.15) is 22.7 Å². The van der Waals surface area contributed by atoms with Crippen LogP contribution in [0, 0.1) is 0 Å². The highest BCUT2D eigenvalue weighted by Crippen LogP contribution is 2.33. The van der Waals surface area contributed by atoms with E-state index in [1.54, 1.807) is 6.07 Å². The molecule has 0 spiro atoms. The van der Waals surface area contributed by atoms with Crippen LogP contribution in [0.5, 0.6) is 5.75 Å². The van der Waals surface area contributed by atoms with E-state index < -0.39 is 0 Å². The van der Waals surface area contributed by atoms with Crippen molar-refractivity contribution in [1.29, 1.82) is 0 Å². The Kier molecular flexibility index (Phi) is 2.54. The average Bonchev–Trinajstić information content (AvgIpc) is 2.73. The first-order valence-corrected chi connectivity index (χ1v) is 5.92. The van der Waals surface area contributed by atoms with Crippen LogP contribution in [0.2, 0.25) is 5.02 Å². The molecule has 2 N–H and O–H groups in total. The molecule has 2 aromatic carbocycles. The van der Waals surface area contributed by atoms with Gasteiger partial charge in [-0.05, 0) is 41.0 Å². The van der Waals surface area contributed by atoms with Crippen molar-refractivity contribution in [2.75, 3.05) is 0 Å². The normalized spacial score (nSPS) is 18.1. The molecular weight excluding hydrogens is 234 g/mol. The van der Waals surface area contributed by atoms with Crippen molar-refractivity contribution in [2.45, 2.75) is 12.6 Å². The lowest BCUT2D eigenvalue weighted by atomic mass is 9.98. The number of rotatable bonds is 1. The van der Waals surface area contributed by atoms with Crippen LogP contribution >= 0.6 is 11.6 Å². The molecule has 3 rings (SSSR count). The average molecular weight is 246 g/mol. The minimum Gasteiger partial charge on any atom is -0.508 e. The lowest BCUT2D eigenvalue weighted by Gasteiger charge is -2.12. The Morgan fingerprint density at radius 3 is 2.65 bits per heavy atom. The molecule has 0 saturated heterocycles. The van der Waals surface area contributed by atoms with Gasteiger partial charge in [-0.2, -0.15) is 0 Å². The Hall–Kier alpha value is -1.51. The second kappa shape index (κ2) is 4.06. The highest BCUT2D eigenvalue weighted by molar-refractivity contribution is 6.30. The molecule has 0 amide bonds. The number of benzene rings is 2. The molecule has 0 aromatic heterocycles. The topological polar surface area (TPSA) is 32.3 Å². The molecule has 0 saturated carbocycles. The highest BCUT2D eigenvalue weighted by atomic mass is 35.5. The predicted molar refractivity (Wildman–Crippen MR) is 68.2 cm³/mol. The van der Waals surface area contributed by atoms with Crippen LogP contribution in [-0.2, 0) is 6.54 Å². The van der Waals surface area contributed by atoms with Crippen molar-refractivity contribution in [3.05, 3.63) is 64.2 Å². The van der Waals surface area contributed by atoms with E-state index in [2.05, 4.69) is 5.32 Å². The van der Waals surface area contributed by atoms with Gasteiger partial charge in [-0.25, -0.2) is 0 Å². The number of hydrogen-bond donors (Lipinski definition) is 2. The Morgan fingerprint density at radius 2 is 1.88 bits per heavy atom. The zero-order chi connectivity index (χ0) is 11.8. The number of aromatic hydroxyl groups is 1. The number of halogens is 1. The van der Waals surface area contributed by atoms with Gasteiger partial charge in [0.25, 0.3) is 0 Å². The second-order valence-corrected chi connectivity index (χ2v) is 4.69. The molecule has 2 nitrogen and oxygen atoms in total. The van der Waals surface area contributed by atoms with E-state index in [0.29, 0.717) is 5.75 Å². The largest absolute Gasteiger partial charge is 0.508 e. The molecule has 0 bridgehead atoms. The summed E-state index contributed by atoms with van der Waals surface area (Å²) in [6.07, 6.45) is 0. The van der Waals surface area contributed by atoms with Gasteiger partial charge >= 0.3 is 0 Å². The van der Waals surface area contributed by atoms with Crippen molar-refractivity contribution in [3.8, 4) is 5.75 Å². The third-order valence-electron chi connectivity index (χ3n) is 3.14. The molecule has 0 fully saturated rings. The standard InChI is InChI=1S/C14H12ClNO/c15-11-4-1-9(2-5-11)14-13-7-12(17)6-3-10(13)8-16-14/h1-7,14,16-17H,8H2. The second-order valence-electron chi connectivity index (χ2n) is 4.25. The molecular formula is C14H12ClNO. The molecule has 17 heavy (non-hydrogen) atoms. The van der Waals surface area contributed by atoms with Crippen LogP contribution in [0.15, 0.2) is 42.5 Å². The van der Waals surface area contributed by atoms with Crippen molar-refractivity contribution < 1.29 is 5.11 Å². The summed E-state index contributed by atoms with van der Waals surface area (Å²) >= 11 is 5.88. The summed E-state index contributed by atoms with van der Waals surface area (Å²) in [6, 6.07) is 13.5. The van der Waals surface area contributed by atoms with Gasteiger partial charge in [0, 0.05) is 11.6 Å². The lowest BCUT2D eigenvalue weighted by molar-refractivity contribution is 0.474. The summed E-state index contributed by atoms with van der Waals surface area (Å²) < 4.78 is 0. The Bertz CT molecular complexity index is 551. The molecule has 1 heterocycles. The molecule has 2 aromatic rings. The van der Waals surface area contributed by atoms with Crippen molar-refractivity contribution in [1.82, 2.24) is 5.32 Å². The smallest absolute Gasteiger partial charge is 0.115 e. The number of phenolic OH excluding ortho intramolecular Hbond substituents is 1. The third-order valence-corrected chi connectivity index (χ3v) is 3.39. The SMILES string of the molecule is Oc1ccc2c(c1)C(c1ccc(Cl)cc1)NC2. The quantitative estimate of drug-likeness (QED) is 0.809. The van der Waals surface area contributed by atoms with E-state index >= 15 is 0 Å². The van der Waals surface area contributed by atoms with E-state index in [1.165, 1.54) is 11.1 Å². The van der Waals surface area contributed by atoms with Gasteiger partial charge < -0.3 is 10.4 Å². The maximum absolute atomic E-state index is 9.56. The van der Waals surface area contributed by atoms with Gasteiger partial charge in [0.2, 0.25) is 0 Å². The predicted octanol–water partition coefficient (Wildman–Crippen LogP) is 3.24. The molecule has 86 valence electrons. The fourth-order valence-corrected chi connectivity index (χ4v) is 2.41. The zero-order valence-corrected chi connectivity index (χ0v) is 9.91. The third kappa shape index (κ3) is 1.90. The fraction of sp³-hybridized carbons (Fsp3) is 0.143. The van der Waals surface area contributed by atoms with Gasteiger partial charge in [0.15, 0.2) is 0 Å². The van der Waals surface area contributed by atoms with Crippen molar-refractivity contribution in [3.63, 3.8) is 0 Å². The summed E-state index contributed by atoms with van der Waals surface area (Å²) in [7, 11) is 0. The van der Waals surface area contributed by atoms with Gasteiger partial charge in [0.05, 0.1) is 6.04 Å². The van der Waals surface area contributed by atoms with Crippen molar-refractivity contribution in [2.24, 2.45) is 0 Å². The number of nitrogens with one attached hydrogen (secondary N) is 1. The fourth-order valence-electron chi connectivity index (χ4n) is 2.29. The van der Waals surface area contributed by atoms with Gasteiger partial charge in [-0.15, -0.1) is 0 Å². The molecule has 1 aliphatic heterocycles. The first kappa shape index (κ1) is 10.6. The number of phenols is 1. The van der Waals surface area contributed by atoms with Crippen molar-refractivity contribution >= 4 is 11.6 Å². The Labute approximate surface area is 105 Å². The zero-order valence-electron chi connectivity index (χ0n) is 9.15. The Morgan fingerprint density at radius 1 is 1.12 bits per heavy atom. The first-order chi connectivity index (χ1) is 8.24. The summed E-state index contributed by atoms with van der Waals surface area (Å²) in [6.45, 7) is 0.836. The maximum Gasteiger partial charge on any atom is 0.115 e. The molecule has 1 unspecified atom stereocenters. The monoisotopic (exact) mass is 245 g/mol. The van der Waals surface area contributed by atoms with Crippen LogP contribution in [0.4, 0.5) is 0 Å². The first-order valence-electron chi connectivity index (χ1n) is 5.55. The molecule has 0 aliphatic carbocycles.